The number of ether oxygens (including phenoxy) is 3. The van der Waals surface area contributed by atoms with Crippen LogP contribution in [-0.4, -0.2) is 28.1 Å². The predicted molar refractivity (Wildman–Crippen MR) is 61.6 cm³/mol. The lowest BCUT2D eigenvalue weighted by Crippen LogP contribution is -2.02. The molecule has 0 spiro atoms. The Kier molecular flexibility index (Phi) is 2.64. The normalized spacial score (nSPS) is 12.2. The molecule has 0 fully saturated rings. The zero-order valence-corrected chi connectivity index (χ0v) is 9.57. The average molecular weight is 260 g/mol. The van der Waals surface area contributed by atoms with Gasteiger partial charge in [-0.15, -0.1) is 5.10 Å². The Labute approximate surface area is 107 Å². The van der Waals surface area contributed by atoms with Crippen molar-refractivity contribution in [1.29, 1.82) is 0 Å². The van der Waals surface area contributed by atoms with E-state index in [9.17, 15) is 4.79 Å². The lowest BCUT2D eigenvalue weighted by molar-refractivity contribution is 0.0693. The van der Waals surface area contributed by atoms with E-state index >= 15 is 0 Å². The number of rotatable bonds is 3. The molecule has 0 saturated heterocycles. The molecule has 0 bridgehead atoms. The summed E-state index contributed by atoms with van der Waals surface area (Å²) in [5.74, 6) is 0.343. The molecule has 0 unspecified atom stereocenters. The van der Waals surface area contributed by atoms with E-state index in [4.69, 9.17) is 19.3 Å². The Hall–Kier alpha value is -2.83. The minimum absolute atomic E-state index is 0.0623. The van der Waals surface area contributed by atoms with E-state index in [2.05, 4.69) is 10.2 Å². The van der Waals surface area contributed by atoms with Crippen LogP contribution in [0.5, 0.6) is 23.1 Å². The van der Waals surface area contributed by atoms with E-state index in [1.807, 2.05) is 0 Å². The molecular formula is C12H8N2O5. The van der Waals surface area contributed by atoms with Gasteiger partial charge in [-0.3, -0.25) is 0 Å². The van der Waals surface area contributed by atoms with E-state index in [1.165, 1.54) is 12.3 Å². The lowest BCUT2D eigenvalue weighted by Gasteiger charge is -2.06. The first-order valence-corrected chi connectivity index (χ1v) is 5.36. The molecule has 3 rings (SSSR count). The fraction of sp³-hybridized carbons (Fsp3) is 0.0833. The maximum atomic E-state index is 11.0. The molecule has 2 aromatic rings. The van der Waals surface area contributed by atoms with Crippen LogP contribution in [0.4, 0.5) is 0 Å². The standard InChI is InChI=1S/C12H8N2O5/c15-12(16)8-3-4-13-14-11(8)19-7-1-2-9-10(5-7)18-6-17-9/h1-5H,6H2,(H,15,16). The lowest BCUT2D eigenvalue weighted by atomic mass is 10.3. The summed E-state index contributed by atoms with van der Waals surface area (Å²) in [5.41, 5.74) is -0.0623. The largest absolute Gasteiger partial charge is 0.477 e. The highest BCUT2D eigenvalue weighted by Crippen LogP contribution is 2.36. The third kappa shape index (κ3) is 2.13. The minimum Gasteiger partial charge on any atom is -0.477 e. The van der Waals surface area contributed by atoms with Gasteiger partial charge in [0.15, 0.2) is 11.5 Å². The second-order valence-electron chi connectivity index (χ2n) is 3.67. The van der Waals surface area contributed by atoms with Gasteiger partial charge in [0.1, 0.15) is 11.3 Å². The Morgan fingerprint density at radius 1 is 1.26 bits per heavy atom. The Bertz CT molecular complexity index is 644. The molecule has 0 saturated carbocycles. The summed E-state index contributed by atoms with van der Waals surface area (Å²) < 4.78 is 15.8. The molecule has 0 atom stereocenters. The maximum Gasteiger partial charge on any atom is 0.341 e. The summed E-state index contributed by atoms with van der Waals surface area (Å²) in [6, 6.07) is 6.22. The van der Waals surface area contributed by atoms with Crippen molar-refractivity contribution in [3.63, 3.8) is 0 Å². The molecule has 96 valence electrons. The molecule has 7 heteroatoms. The van der Waals surface area contributed by atoms with Crippen molar-refractivity contribution in [3.8, 4) is 23.1 Å². The molecular weight excluding hydrogens is 252 g/mol. The molecule has 2 heterocycles. The molecule has 1 aliphatic rings. The molecule has 0 amide bonds. The van der Waals surface area contributed by atoms with Crippen LogP contribution in [0.2, 0.25) is 0 Å². The van der Waals surface area contributed by atoms with Crippen LogP contribution in [-0.2, 0) is 0 Å². The SMILES string of the molecule is O=C(O)c1ccnnc1Oc1ccc2c(c1)OCO2. The zero-order chi connectivity index (χ0) is 13.2. The van der Waals surface area contributed by atoms with E-state index in [0.29, 0.717) is 17.2 Å². The number of hydrogen-bond donors (Lipinski definition) is 1. The van der Waals surface area contributed by atoms with Crippen LogP contribution in [0.3, 0.4) is 0 Å². The number of fused-ring (bicyclic) bond motifs is 1. The van der Waals surface area contributed by atoms with Gasteiger partial charge in [-0.05, 0) is 18.2 Å². The van der Waals surface area contributed by atoms with E-state index < -0.39 is 5.97 Å². The first kappa shape index (κ1) is 11.3. The van der Waals surface area contributed by atoms with Crippen molar-refractivity contribution >= 4 is 5.97 Å². The number of aromatic nitrogens is 2. The van der Waals surface area contributed by atoms with Crippen LogP contribution >= 0.6 is 0 Å². The molecule has 1 aromatic carbocycles. The first-order valence-electron chi connectivity index (χ1n) is 5.36. The van der Waals surface area contributed by atoms with E-state index in [1.54, 1.807) is 18.2 Å². The highest BCUT2D eigenvalue weighted by Gasteiger charge is 2.17. The van der Waals surface area contributed by atoms with Crippen LogP contribution in [0.25, 0.3) is 0 Å². The number of nitrogens with zero attached hydrogens (tertiary/aromatic N) is 2. The number of carbonyl (C=O) groups is 1. The topological polar surface area (TPSA) is 90.8 Å². The summed E-state index contributed by atoms with van der Waals surface area (Å²) in [4.78, 5) is 11.0. The molecule has 1 aliphatic heterocycles. The predicted octanol–water partition coefficient (Wildman–Crippen LogP) is 1.70. The Morgan fingerprint density at radius 3 is 2.95 bits per heavy atom. The van der Waals surface area contributed by atoms with Crippen molar-refractivity contribution in [3.05, 3.63) is 36.0 Å². The van der Waals surface area contributed by atoms with Gasteiger partial charge in [-0.1, -0.05) is 0 Å². The van der Waals surface area contributed by atoms with Crippen LogP contribution in [0, 0.1) is 0 Å². The van der Waals surface area contributed by atoms with Gasteiger partial charge < -0.3 is 19.3 Å². The van der Waals surface area contributed by atoms with Crippen LogP contribution in [0.15, 0.2) is 30.5 Å². The highest BCUT2D eigenvalue weighted by atomic mass is 16.7. The summed E-state index contributed by atoms with van der Waals surface area (Å²) in [6.07, 6.45) is 1.29. The molecule has 1 N–H and O–H groups in total. The third-order valence-corrected chi connectivity index (χ3v) is 2.48. The van der Waals surface area contributed by atoms with Gasteiger partial charge in [0.2, 0.25) is 6.79 Å². The van der Waals surface area contributed by atoms with Gasteiger partial charge in [-0.2, -0.15) is 5.10 Å². The Balaban J connectivity index is 1.91. The van der Waals surface area contributed by atoms with E-state index in [0.717, 1.165) is 0 Å². The van der Waals surface area contributed by atoms with Crippen molar-refractivity contribution in [1.82, 2.24) is 10.2 Å². The quantitative estimate of drug-likeness (QED) is 0.897. The first-order chi connectivity index (χ1) is 9.24. The number of aromatic carboxylic acids is 1. The fourth-order valence-electron chi connectivity index (χ4n) is 1.61. The maximum absolute atomic E-state index is 11.0. The minimum atomic E-state index is -1.13. The van der Waals surface area contributed by atoms with Crippen LogP contribution in [0.1, 0.15) is 10.4 Å². The summed E-state index contributed by atoms with van der Waals surface area (Å²) in [5, 5.41) is 16.3. The van der Waals surface area contributed by atoms with Crippen LogP contribution < -0.4 is 14.2 Å². The monoisotopic (exact) mass is 260 g/mol. The Morgan fingerprint density at radius 2 is 2.11 bits per heavy atom. The van der Waals surface area contributed by atoms with Gasteiger partial charge in [0.05, 0.1) is 6.20 Å². The number of benzene rings is 1. The number of carboxylic acids is 1. The second kappa shape index (κ2) is 4.45. The van der Waals surface area contributed by atoms with Gasteiger partial charge in [0, 0.05) is 6.07 Å². The van der Waals surface area contributed by atoms with Crippen molar-refractivity contribution in [2.45, 2.75) is 0 Å². The fourth-order valence-corrected chi connectivity index (χ4v) is 1.61. The van der Waals surface area contributed by atoms with Crippen molar-refractivity contribution in [2.75, 3.05) is 6.79 Å². The third-order valence-electron chi connectivity index (χ3n) is 2.48. The number of hydrogen-bond acceptors (Lipinski definition) is 6. The highest BCUT2D eigenvalue weighted by molar-refractivity contribution is 5.90. The second-order valence-corrected chi connectivity index (χ2v) is 3.67. The molecule has 0 aliphatic carbocycles. The number of carboxylic acid groups (broad SMARTS) is 1. The molecule has 0 radical (unpaired) electrons. The smallest absolute Gasteiger partial charge is 0.341 e. The van der Waals surface area contributed by atoms with Crippen molar-refractivity contribution < 1.29 is 24.1 Å². The summed E-state index contributed by atoms with van der Waals surface area (Å²) in [7, 11) is 0. The summed E-state index contributed by atoms with van der Waals surface area (Å²) >= 11 is 0. The summed E-state index contributed by atoms with van der Waals surface area (Å²) in [6.45, 7) is 0.157. The average Bonchev–Trinajstić information content (AvgIpc) is 2.86. The molecule has 19 heavy (non-hydrogen) atoms. The zero-order valence-electron chi connectivity index (χ0n) is 9.57. The van der Waals surface area contributed by atoms with E-state index in [-0.39, 0.29) is 18.2 Å². The van der Waals surface area contributed by atoms with Gasteiger partial charge >= 0.3 is 5.97 Å². The van der Waals surface area contributed by atoms with Gasteiger partial charge in [-0.25, -0.2) is 4.79 Å². The van der Waals surface area contributed by atoms with Crippen molar-refractivity contribution in [2.24, 2.45) is 0 Å². The van der Waals surface area contributed by atoms with Gasteiger partial charge in [0.25, 0.3) is 5.88 Å². The molecule has 1 aromatic heterocycles. The molecule has 7 nitrogen and oxygen atoms in total.